The molecule has 0 spiro atoms. The Bertz CT molecular complexity index is 813. The molecule has 1 N–H and O–H groups in total. The Morgan fingerprint density at radius 2 is 2.04 bits per heavy atom. The minimum Gasteiger partial charge on any atom is -0.306 e. The minimum atomic E-state index is -0.373. The Morgan fingerprint density at radius 1 is 1.25 bits per heavy atom. The van der Waals surface area contributed by atoms with Crippen LogP contribution in [0, 0.1) is 10.1 Å². The van der Waals surface area contributed by atoms with Crippen LogP contribution >= 0.6 is 0 Å². The van der Waals surface area contributed by atoms with Crippen LogP contribution < -0.4 is 5.32 Å². The molecule has 0 aliphatic carbocycles. The minimum absolute atomic E-state index is 0.117. The highest BCUT2D eigenvalue weighted by atomic mass is 16.6. The fourth-order valence-corrected chi connectivity index (χ4v) is 2.52. The molecular formula is C18H18N4O2. The highest BCUT2D eigenvalue weighted by molar-refractivity contribution is 5.36. The van der Waals surface area contributed by atoms with Crippen LogP contribution in [-0.4, -0.2) is 14.5 Å². The highest BCUT2D eigenvalue weighted by Crippen LogP contribution is 2.17. The number of nitro groups is 1. The average Bonchev–Trinajstić information content (AvgIpc) is 3.14. The fraction of sp³-hybridized carbons (Fsp3) is 0.167. The standard InChI is InChI=1S/C18H18N4O2/c1-14(20-12-15-3-2-4-18(11-15)22(23)24)16-5-7-17(8-6-16)21-10-9-19-13-21/h2-11,13-14,20H,12H2,1H3/t14-/m1/s1. The SMILES string of the molecule is C[C@@H](NCc1cccc([N+](=O)[O-])c1)c1ccc(-n2ccnc2)cc1. The van der Waals surface area contributed by atoms with Crippen molar-refractivity contribution in [2.75, 3.05) is 0 Å². The van der Waals surface area contributed by atoms with Crippen LogP contribution in [-0.2, 0) is 6.54 Å². The number of aromatic nitrogens is 2. The molecule has 0 radical (unpaired) electrons. The van der Waals surface area contributed by atoms with Gasteiger partial charge in [0.2, 0.25) is 0 Å². The van der Waals surface area contributed by atoms with Gasteiger partial charge in [0.1, 0.15) is 0 Å². The molecule has 0 fully saturated rings. The van der Waals surface area contributed by atoms with E-state index >= 15 is 0 Å². The van der Waals surface area contributed by atoms with Gasteiger partial charge in [-0.3, -0.25) is 10.1 Å². The average molecular weight is 322 g/mol. The van der Waals surface area contributed by atoms with Crippen molar-refractivity contribution in [3.63, 3.8) is 0 Å². The lowest BCUT2D eigenvalue weighted by molar-refractivity contribution is -0.384. The molecule has 6 nitrogen and oxygen atoms in total. The molecule has 0 aliphatic rings. The highest BCUT2D eigenvalue weighted by Gasteiger charge is 2.08. The third kappa shape index (κ3) is 3.67. The summed E-state index contributed by atoms with van der Waals surface area (Å²) in [7, 11) is 0. The van der Waals surface area contributed by atoms with E-state index in [1.165, 1.54) is 6.07 Å². The Morgan fingerprint density at radius 3 is 2.71 bits per heavy atom. The molecule has 0 saturated heterocycles. The van der Waals surface area contributed by atoms with Gasteiger partial charge in [0.05, 0.1) is 11.3 Å². The van der Waals surface area contributed by atoms with Gasteiger partial charge in [0.25, 0.3) is 5.69 Å². The van der Waals surface area contributed by atoms with Crippen LogP contribution in [0.4, 0.5) is 5.69 Å². The molecule has 1 atom stereocenters. The van der Waals surface area contributed by atoms with Gasteiger partial charge in [0, 0.05) is 42.8 Å². The maximum Gasteiger partial charge on any atom is 0.269 e. The normalized spacial score (nSPS) is 12.0. The first-order valence-corrected chi connectivity index (χ1v) is 7.68. The van der Waals surface area contributed by atoms with Crippen molar-refractivity contribution in [1.29, 1.82) is 0 Å². The summed E-state index contributed by atoms with van der Waals surface area (Å²) in [6.45, 7) is 2.65. The molecule has 2 aromatic carbocycles. The van der Waals surface area contributed by atoms with Crippen LogP contribution in [0.25, 0.3) is 5.69 Å². The van der Waals surface area contributed by atoms with Gasteiger partial charge in [-0.2, -0.15) is 0 Å². The molecular weight excluding hydrogens is 304 g/mol. The van der Waals surface area contributed by atoms with E-state index in [0.717, 1.165) is 16.8 Å². The van der Waals surface area contributed by atoms with Crippen molar-refractivity contribution in [3.05, 3.63) is 88.5 Å². The quantitative estimate of drug-likeness (QED) is 0.555. The van der Waals surface area contributed by atoms with Crippen LogP contribution in [0.2, 0.25) is 0 Å². The number of rotatable bonds is 6. The Kier molecular flexibility index (Phi) is 4.67. The molecule has 0 aliphatic heterocycles. The summed E-state index contributed by atoms with van der Waals surface area (Å²) in [5.41, 5.74) is 3.23. The van der Waals surface area contributed by atoms with Crippen molar-refractivity contribution in [1.82, 2.24) is 14.9 Å². The summed E-state index contributed by atoms with van der Waals surface area (Å²) in [6.07, 6.45) is 5.41. The Labute approximate surface area is 139 Å². The zero-order chi connectivity index (χ0) is 16.9. The van der Waals surface area contributed by atoms with Gasteiger partial charge in [-0.15, -0.1) is 0 Å². The third-order valence-corrected chi connectivity index (χ3v) is 3.93. The monoisotopic (exact) mass is 322 g/mol. The summed E-state index contributed by atoms with van der Waals surface area (Å²) in [5.74, 6) is 0. The first-order chi connectivity index (χ1) is 11.6. The molecule has 0 unspecified atom stereocenters. The van der Waals surface area contributed by atoms with Crippen LogP contribution in [0.15, 0.2) is 67.3 Å². The number of hydrogen-bond acceptors (Lipinski definition) is 4. The molecule has 3 rings (SSSR count). The summed E-state index contributed by atoms with van der Waals surface area (Å²) >= 11 is 0. The fourth-order valence-electron chi connectivity index (χ4n) is 2.52. The number of nitrogens with zero attached hydrogens (tertiary/aromatic N) is 3. The second-order valence-corrected chi connectivity index (χ2v) is 5.59. The zero-order valence-electron chi connectivity index (χ0n) is 13.3. The van der Waals surface area contributed by atoms with Gasteiger partial charge >= 0.3 is 0 Å². The molecule has 1 aromatic heterocycles. The summed E-state index contributed by atoms with van der Waals surface area (Å²) < 4.78 is 1.95. The lowest BCUT2D eigenvalue weighted by Crippen LogP contribution is -2.18. The topological polar surface area (TPSA) is 73.0 Å². The first-order valence-electron chi connectivity index (χ1n) is 7.68. The molecule has 1 heterocycles. The molecule has 0 bridgehead atoms. The number of non-ortho nitro benzene ring substituents is 1. The van der Waals surface area contributed by atoms with E-state index in [1.54, 1.807) is 24.7 Å². The molecule has 0 amide bonds. The predicted molar refractivity (Wildman–Crippen MR) is 91.9 cm³/mol. The maximum atomic E-state index is 10.8. The number of hydrogen-bond donors (Lipinski definition) is 1. The van der Waals surface area contributed by atoms with Crippen molar-refractivity contribution in [3.8, 4) is 5.69 Å². The molecule has 0 saturated carbocycles. The van der Waals surface area contributed by atoms with Crippen molar-refractivity contribution in [2.45, 2.75) is 19.5 Å². The summed E-state index contributed by atoms with van der Waals surface area (Å²) in [5, 5.41) is 14.2. The van der Waals surface area contributed by atoms with Crippen LogP contribution in [0.5, 0.6) is 0 Å². The Balaban J connectivity index is 1.63. The van der Waals surface area contributed by atoms with Gasteiger partial charge in [0.15, 0.2) is 0 Å². The lowest BCUT2D eigenvalue weighted by Gasteiger charge is -2.15. The lowest BCUT2D eigenvalue weighted by atomic mass is 10.1. The van der Waals surface area contributed by atoms with Crippen molar-refractivity contribution >= 4 is 5.69 Å². The van der Waals surface area contributed by atoms with Gasteiger partial charge in [-0.25, -0.2) is 4.98 Å². The van der Waals surface area contributed by atoms with Crippen LogP contribution in [0.1, 0.15) is 24.1 Å². The van der Waals surface area contributed by atoms with E-state index in [-0.39, 0.29) is 16.7 Å². The van der Waals surface area contributed by atoms with Crippen LogP contribution in [0.3, 0.4) is 0 Å². The van der Waals surface area contributed by atoms with Gasteiger partial charge in [-0.1, -0.05) is 24.3 Å². The van der Waals surface area contributed by atoms with E-state index in [1.807, 2.05) is 29.0 Å². The van der Waals surface area contributed by atoms with Crippen molar-refractivity contribution in [2.24, 2.45) is 0 Å². The summed E-state index contributed by atoms with van der Waals surface area (Å²) in [6, 6.07) is 15.1. The molecule has 24 heavy (non-hydrogen) atoms. The second-order valence-electron chi connectivity index (χ2n) is 5.59. The van der Waals surface area contributed by atoms with E-state index in [0.29, 0.717) is 6.54 Å². The summed E-state index contributed by atoms with van der Waals surface area (Å²) in [4.78, 5) is 14.5. The van der Waals surface area contributed by atoms with E-state index in [4.69, 9.17) is 0 Å². The van der Waals surface area contributed by atoms with Gasteiger partial charge < -0.3 is 9.88 Å². The van der Waals surface area contributed by atoms with E-state index < -0.39 is 0 Å². The molecule has 3 aromatic rings. The molecule has 122 valence electrons. The number of benzene rings is 2. The van der Waals surface area contributed by atoms with Crippen molar-refractivity contribution < 1.29 is 4.92 Å². The largest absolute Gasteiger partial charge is 0.306 e. The first kappa shape index (κ1) is 15.9. The Hall–Kier alpha value is -2.99. The maximum absolute atomic E-state index is 10.8. The van der Waals surface area contributed by atoms with E-state index in [9.17, 15) is 10.1 Å². The number of imidazole rings is 1. The second kappa shape index (κ2) is 7.06. The third-order valence-electron chi connectivity index (χ3n) is 3.93. The number of nitrogens with one attached hydrogen (secondary N) is 1. The molecule has 6 heteroatoms. The number of nitro benzene ring substituents is 1. The zero-order valence-corrected chi connectivity index (χ0v) is 13.3. The van der Waals surface area contributed by atoms with E-state index in [2.05, 4.69) is 29.4 Å². The predicted octanol–water partition coefficient (Wildman–Crippen LogP) is 3.63. The smallest absolute Gasteiger partial charge is 0.269 e. The van der Waals surface area contributed by atoms with Gasteiger partial charge in [-0.05, 0) is 30.2 Å².